The fourth-order valence-electron chi connectivity index (χ4n) is 3.31. The van der Waals surface area contributed by atoms with Gasteiger partial charge in [0.1, 0.15) is 18.0 Å². The zero-order valence-corrected chi connectivity index (χ0v) is 14.9. The van der Waals surface area contributed by atoms with Gasteiger partial charge in [-0.3, -0.25) is 4.79 Å². The number of piperidine rings is 1. The third-order valence-electron chi connectivity index (χ3n) is 4.77. The maximum atomic E-state index is 12.9. The van der Waals surface area contributed by atoms with Crippen molar-refractivity contribution in [1.82, 2.24) is 4.90 Å². The Morgan fingerprint density at radius 1 is 1.16 bits per heavy atom. The average Bonchev–Trinajstić information content (AvgIpc) is 2.67. The van der Waals surface area contributed by atoms with Crippen LogP contribution in [0.25, 0.3) is 0 Å². The molecule has 2 aromatic rings. The Morgan fingerprint density at radius 3 is 2.68 bits per heavy atom. The summed E-state index contributed by atoms with van der Waals surface area (Å²) >= 11 is 0. The number of methoxy groups -OCH3 is 1. The minimum Gasteiger partial charge on any atom is -0.491 e. The van der Waals surface area contributed by atoms with Crippen LogP contribution in [-0.2, 0) is 4.74 Å². The molecule has 0 aliphatic carbocycles. The zero-order valence-electron chi connectivity index (χ0n) is 14.9. The van der Waals surface area contributed by atoms with E-state index in [1.807, 2.05) is 66.4 Å². The number of para-hydroxylation sites is 1. The Labute approximate surface area is 149 Å². The van der Waals surface area contributed by atoms with E-state index < -0.39 is 5.60 Å². The summed E-state index contributed by atoms with van der Waals surface area (Å²) in [7, 11) is 1.70. The van der Waals surface area contributed by atoms with E-state index in [0.29, 0.717) is 13.2 Å². The first kappa shape index (κ1) is 17.5. The highest BCUT2D eigenvalue weighted by atomic mass is 16.5. The number of amides is 1. The van der Waals surface area contributed by atoms with E-state index in [2.05, 4.69) is 0 Å². The lowest BCUT2D eigenvalue weighted by atomic mass is 9.92. The van der Waals surface area contributed by atoms with Gasteiger partial charge in [-0.15, -0.1) is 0 Å². The van der Waals surface area contributed by atoms with E-state index in [0.717, 1.165) is 36.3 Å². The summed E-state index contributed by atoms with van der Waals surface area (Å²) in [5.41, 5.74) is 1.36. The number of aryl methyl sites for hydroxylation is 1. The van der Waals surface area contributed by atoms with E-state index in [9.17, 15) is 4.79 Å². The number of nitrogens with zero attached hydrogens (tertiary/aromatic N) is 1. The Kier molecular flexibility index (Phi) is 5.39. The smallest absolute Gasteiger partial charge is 0.253 e. The number of carbonyl (C=O) groups excluding carboxylic acids is 1. The fraction of sp³-hybridized carbons (Fsp3) is 0.381. The highest BCUT2D eigenvalue weighted by Crippen LogP contribution is 2.27. The molecule has 4 heteroatoms. The van der Waals surface area contributed by atoms with Gasteiger partial charge in [0.2, 0.25) is 0 Å². The molecule has 1 unspecified atom stereocenters. The molecular weight excluding hydrogens is 314 g/mol. The molecule has 1 saturated heterocycles. The van der Waals surface area contributed by atoms with Crippen molar-refractivity contribution in [3.05, 3.63) is 65.7 Å². The summed E-state index contributed by atoms with van der Waals surface area (Å²) in [6, 6.07) is 17.5. The van der Waals surface area contributed by atoms with Crippen LogP contribution in [0.3, 0.4) is 0 Å². The predicted molar refractivity (Wildman–Crippen MR) is 98.0 cm³/mol. The number of ether oxygens (including phenoxy) is 2. The molecular formula is C21H25NO3. The molecule has 1 aliphatic heterocycles. The second kappa shape index (κ2) is 7.70. The van der Waals surface area contributed by atoms with Crippen LogP contribution in [0.1, 0.15) is 28.8 Å². The van der Waals surface area contributed by atoms with Crippen molar-refractivity contribution >= 4 is 5.91 Å². The van der Waals surface area contributed by atoms with Gasteiger partial charge in [-0.2, -0.15) is 0 Å². The first-order chi connectivity index (χ1) is 12.1. The quantitative estimate of drug-likeness (QED) is 0.834. The van der Waals surface area contributed by atoms with Gasteiger partial charge in [0.25, 0.3) is 5.91 Å². The molecule has 1 atom stereocenters. The SMILES string of the molecule is COC1(COc2ccccc2)CCCN(C(=O)c2cccc(C)c2)C1. The van der Waals surface area contributed by atoms with Crippen LogP contribution in [0.4, 0.5) is 0 Å². The molecule has 2 aromatic carbocycles. The third-order valence-corrected chi connectivity index (χ3v) is 4.77. The molecule has 0 bridgehead atoms. The van der Waals surface area contributed by atoms with Crippen molar-refractivity contribution in [3.63, 3.8) is 0 Å². The number of carbonyl (C=O) groups is 1. The molecule has 3 rings (SSSR count). The molecule has 0 spiro atoms. The molecule has 0 aromatic heterocycles. The number of hydrogen-bond acceptors (Lipinski definition) is 3. The maximum absolute atomic E-state index is 12.9. The lowest BCUT2D eigenvalue weighted by molar-refractivity contribution is -0.0824. The van der Waals surface area contributed by atoms with Crippen LogP contribution in [0, 0.1) is 6.92 Å². The number of rotatable bonds is 5. The molecule has 0 radical (unpaired) electrons. The fourth-order valence-corrected chi connectivity index (χ4v) is 3.31. The van der Waals surface area contributed by atoms with Crippen LogP contribution in [0.5, 0.6) is 5.75 Å². The monoisotopic (exact) mass is 339 g/mol. The van der Waals surface area contributed by atoms with Crippen molar-refractivity contribution < 1.29 is 14.3 Å². The minimum absolute atomic E-state index is 0.0598. The lowest BCUT2D eigenvalue weighted by Crippen LogP contribution is -2.54. The summed E-state index contributed by atoms with van der Waals surface area (Å²) in [5.74, 6) is 0.880. The van der Waals surface area contributed by atoms with Crippen molar-refractivity contribution in [3.8, 4) is 5.75 Å². The highest BCUT2D eigenvalue weighted by Gasteiger charge is 2.38. The van der Waals surface area contributed by atoms with Crippen LogP contribution < -0.4 is 4.74 Å². The summed E-state index contributed by atoms with van der Waals surface area (Å²) in [6.07, 6.45) is 1.79. The molecule has 1 heterocycles. The molecule has 1 amide bonds. The van der Waals surface area contributed by atoms with Gasteiger partial charge in [0, 0.05) is 19.2 Å². The molecule has 1 aliphatic rings. The lowest BCUT2D eigenvalue weighted by Gasteiger charge is -2.41. The number of benzene rings is 2. The average molecular weight is 339 g/mol. The van der Waals surface area contributed by atoms with Crippen molar-refractivity contribution in [2.75, 3.05) is 26.8 Å². The van der Waals surface area contributed by atoms with Crippen LogP contribution in [0.2, 0.25) is 0 Å². The Hall–Kier alpha value is -2.33. The Balaban J connectivity index is 1.70. The van der Waals surface area contributed by atoms with Crippen LogP contribution in [-0.4, -0.2) is 43.2 Å². The van der Waals surface area contributed by atoms with E-state index in [1.54, 1.807) is 7.11 Å². The minimum atomic E-state index is -0.465. The van der Waals surface area contributed by atoms with Crippen molar-refractivity contribution in [2.45, 2.75) is 25.4 Å². The van der Waals surface area contributed by atoms with Gasteiger partial charge in [-0.1, -0.05) is 35.9 Å². The molecule has 1 fully saturated rings. The van der Waals surface area contributed by atoms with E-state index >= 15 is 0 Å². The van der Waals surface area contributed by atoms with Crippen LogP contribution in [0.15, 0.2) is 54.6 Å². The maximum Gasteiger partial charge on any atom is 0.253 e. The Bertz CT molecular complexity index is 716. The molecule has 0 saturated carbocycles. The van der Waals surface area contributed by atoms with Crippen LogP contribution >= 0.6 is 0 Å². The van der Waals surface area contributed by atoms with E-state index in [1.165, 1.54) is 0 Å². The molecule has 25 heavy (non-hydrogen) atoms. The van der Waals surface area contributed by atoms with E-state index in [-0.39, 0.29) is 5.91 Å². The van der Waals surface area contributed by atoms with Gasteiger partial charge < -0.3 is 14.4 Å². The summed E-state index contributed by atoms with van der Waals surface area (Å²) in [6.45, 7) is 3.73. The van der Waals surface area contributed by atoms with Gasteiger partial charge in [-0.25, -0.2) is 0 Å². The highest BCUT2D eigenvalue weighted by molar-refractivity contribution is 5.94. The van der Waals surface area contributed by atoms with Gasteiger partial charge in [-0.05, 0) is 44.0 Å². The standard InChI is InChI=1S/C21H25NO3/c1-17-8-6-9-18(14-17)20(23)22-13-7-12-21(15-22,24-2)16-25-19-10-4-3-5-11-19/h3-6,8-11,14H,7,12-13,15-16H2,1-2H3. The van der Waals surface area contributed by atoms with Crippen molar-refractivity contribution in [1.29, 1.82) is 0 Å². The topological polar surface area (TPSA) is 38.8 Å². The van der Waals surface area contributed by atoms with Crippen molar-refractivity contribution in [2.24, 2.45) is 0 Å². The molecule has 4 nitrogen and oxygen atoms in total. The summed E-state index contributed by atoms with van der Waals surface area (Å²) in [4.78, 5) is 14.7. The first-order valence-electron chi connectivity index (χ1n) is 8.71. The zero-order chi connectivity index (χ0) is 17.7. The number of likely N-dealkylation sites (tertiary alicyclic amines) is 1. The summed E-state index contributed by atoms with van der Waals surface area (Å²) in [5, 5.41) is 0. The van der Waals surface area contributed by atoms with E-state index in [4.69, 9.17) is 9.47 Å². The largest absolute Gasteiger partial charge is 0.491 e. The first-order valence-corrected chi connectivity index (χ1v) is 8.71. The third kappa shape index (κ3) is 4.20. The second-order valence-corrected chi connectivity index (χ2v) is 6.69. The molecule has 0 N–H and O–H groups in total. The molecule has 132 valence electrons. The van der Waals surface area contributed by atoms with Gasteiger partial charge >= 0.3 is 0 Å². The number of hydrogen-bond donors (Lipinski definition) is 0. The predicted octanol–water partition coefficient (Wildman–Crippen LogP) is 3.70. The van der Waals surface area contributed by atoms with Gasteiger partial charge in [0.05, 0.1) is 6.54 Å². The summed E-state index contributed by atoms with van der Waals surface area (Å²) < 4.78 is 11.8. The normalized spacial score (nSPS) is 20.3. The Morgan fingerprint density at radius 2 is 1.96 bits per heavy atom. The van der Waals surface area contributed by atoms with Gasteiger partial charge in [0.15, 0.2) is 0 Å². The second-order valence-electron chi connectivity index (χ2n) is 6.69.